The van der Waals surface area contributed by atoms with Gasteiger partial charge in [-0.05, 0) is 56.6 Å². The fourth-order valence-electron chi connectivity index (χ4n) is 4.01. The Balaban J connectivity index is 0.00000171. The Morgan fingerprint density at radius 3 is 2.65 bits per heavy atom. The number of aromatic nitrogens is 3. The first kappa shape index (κ1) is 24.9. The Kier molecular flexibility index (Phi) is 8.68. The van der Waals surface area contributed by atoms with Crippen molar-refractivity contribution in [1.29, 1.82) is 0 Å². The number of halogens is 2. The smallest absolute Gasteiger partial charge is 0.263 e. The maximum atomic E-state index is 13.1. The summed E-state index contributed by atoms with van der Waals surface area (Å²) in [6, 6.07) is 9.96. The van der Waals surface area contributed by atoms with Crippen molar-refractivity contribution in [1.82, 2.24) is 24.3 Å². The van der Waals surface area contributed by atoms with Crippen LogP contribution >= 0.6 is 24.8 Å². The van der Waals surface area contributed by atoms with E-state index in [9.17, 15) is 9.59 Å². The topological polar surface area (TPSA) is 72.2 Å². The number of pyridine rings is 1. The molecule has 168 valence electrons. The first-order valence-corrected chi connectivity index (χ1v) is 10.1. The van der Waals surface area contributed by atoms with Crippen LogP contribution in [0.5, 0.6) is 0 Å². The molecular formula is C22H29Cl2N5O2. The van der Waals surface area contributed by atoms with Gasteiger partial charge in [-0.2, -0.15) is 0 Å². The lowest BCUT2D eigenvalue weighted by Crippen LogP contribution is -2.39. The first-order valence-electron chi connectivity index (χ1n) is 10.1. The minimum atomic E-state index is -0.222. The number of carbonyl (C=O) groups is 1. The normalized spacial score (nSPS) is 14.0. The van der Waals surface area contributed by atoms with E-state index in [0.717, 1.165) is 42.5 Å². The van der Waals surface area contributed by atoms with Gasteiger partial charge in [0.25, 0.3) is 11.5 Å². The van der Waals surface area contributed by atoms with Crippen LogP contribution in [0.25, 0.3) is 11.0 Å². The SMILES string of the molecule is Cc1ccn(C2CCNCC2)c(=O)c1C(=O)N(C)CCn1cnc2ccccc21.Cl.Cl. The molecule has 1 aliphatic heterocycles. The van der Waals surface area contributed by atoms with Gasteiger partial charge >= 0.3 is 0 Å². The van der Waals surface area contributed by atoms with Gasteiger partial charge in [-0.25, -0.2) is 4.98 Å². The molecule has 1 amide bonds. The molecule has 3 heterocycles. The average Bonchev–Trinajstić information content (AvgIpc) is 3.16. The third-order valence-electron chi connectivity index (χ3n) is 5.79. The van der Waals surface area contributed by atoms with Gasteiger partial charge in [-0.15, -0.1) is 24.8 Å². The fourth-order valence-corrected chi connectivity index (χ4v) is 4.01. The van der Waals surface area contributed by atoms with Crippen LogP contribution in [-0.4, -0.2) is 51.6 Å². The summed E-state index contributed by atoms with van der Waals surface area (Å²) in [6.07, 6.45) is 5.43. The molecule has 9 heteroatoms. The summed E-state index contributed by atoms with van der Waals surface area (Å²) < 4.78 is 3.78. The molecule has 1 aromatic carbocycles. The standard InChI is InChI=1S/C22H27N5O2.2ClH/c1-16-9-12-27(17-7-10-23-11-8-17)22(29)20(16)21(28)25(2)13-14-26-15-24-18-5-3-4-6-19(18)26;;/h3-6,9,12,15,17,23H,7-8,10-11,13-14H2,1-2H3;2*1H. The molecule has 0 radical (unpaired) electrons. The van der Waals surface area contributed by atoms with Crippen LogP contribution in [0.2, 0.25) is 0 Å². The number of amides is 1. The second kappa shape index (κ2) is 10.8. The number of fused-ring (bicyclic) bond motifs is 1. The van der Waals surface area contributed by atoms with Crippen molar-refractivity contribution in [2.45, 2.75) is 32.4 Å². The fraction of sp³-hybridized carbons (Fsp3) is 0.409. The van der Waals surface area contributed by atoms with E-state index in [-0.39, 0.29) is 47.9 Å². The van der Waals surface area contributed by atoms with Gasteiger partial charge in [0, 0.05) is 32.4 Å². The number of likely N-dealkylation sites (N-methyl/N-ethyl adjacent to an activating group) is 1. The predicted octanol–water partition coefficient (Wildman–Crippen LogP) is 3.05. The van der Waals surface area contributed by atoms with Crippen molar-refractivity contribution in [2.75, 3.05) is 26.7 Å². The van der Waals surface area contributed by atoms with Crippen LogP contribution in [-0.2, 0) is 6.54 Å². The molecule has 3 aromatic rings. The molecule has 0 spiro atoms. The molecule has 4 rings (SSSR count). The molecule has 31 heavy (non-hydrogen) atoms. The number of hydrogen-bond acceptors (Lipinski definition) is 4. The summed E-state index contributed by atoms with van der Waals surface area (Å²) >= 11 is 0. The second-order valence-corrected chi connectivity index (χ2v) is 7.72. The van der Waals surface area contributed by atoms with Gasteiger partial charge < -0.3 is 19.4 Å². The molecule has 2 aromatic heterocycles. The van der Waals surface area contributed by atoms with E-state index in [4.69, 9.17) is 0 Å². The number of benzene rings is 1. The lowest BCUT2D eigenvalue weighted by Gasteiger charge is -2.26. The monoisotopic (exact) mass is 465 g/mol. The Hall–Kier alpha value is -2.35. The number of nitrogens with one attached hydrogen (secondary N) is 1. The summed E-state index contributed by atoms with van der Waals surface area (Å²) in [7, 11) is 1.75. The van der Waals surface area contributed by atoms with E-state index in [1.54, 1.807) is 22.8 Å². The molecule has 0 aliphatic carbocycles. The van der Waals surface area contributed by atoms with E-state index in [0.29, 0.717) is 13.1 Å². The summed E-state index contributed by atoms with van der Waals surface area (Å²) in [5.41, 5.74) is 2.80. The molecule has 7 nitrogen and oxygen atoms in total. The van der Waals surface area contributed by atoms with E-state index in [1.165, 1.54) is 0 Å². The second-order valence-electron chi connectivity index (χ2n) is 7.72. The average molecular weight is 466 g/mol. The maximum Gasteiger partial charge on any atom is 0.263 e. The van der Waals surface area contributed by atoms with Crippen LogP contribution in [0, 0.1) is 6.92 Å². The molecule has 1 aliphatic rings. The van der Waals surface area contributed by atoms with Crippen LogP contribution < -0.4 is 10.9 Å². The number of nitrogens with zero attached hydrogens (tertiary/aromatic N) is 4. The number of aryl methyl sites for hydroxylation is 1. The van der Waals surface area contributed by atoms with E-state index >= 15 is 0 Å². The van der Waals surface area contributed by atoms with Crippen molar-refractivity contribution in [3.8, 4) is 0 Å². The van der Waals surface area contributed by atoms with Crippen molar-refractivity contribution in [2.24, 2.45) is 0 Å². The number of para-hydroxylation sites is 2. The van der Waals surface area contributed by atoms with Gasteiger partial charge in [0.1, 0.15) is 5.56 Å². The lowest BCUT2D eigenvalue weighted by atomic mass is 10.0. The quantitative estimate of drug-likeness (QED) is 0.628. The number of piperidine rings is 1. The molecule has 0 atom stereocenters. The van der Waals surface area contributed by atoms with E-state index < -0.39 is 0 Å². The maximum absolute atomic E-state index is 13.1. The van der Waals surface area contributed by atoms with E-state index in [2.05, 4.69) is 10.3 Å². The van der Waals surface area contributed by atoms with Gasteiger partial charge in [-0.3, -0.25) is 9.59 Å². The molecule has 0 bridgehead atoms. The van der Waals surface area contributed by atoms with Gasteiger partial charge in [0.2, 0.25) is 0 Å². The molecule has 1 saturated heterocycles. The number of hydrogen-bond donors (Lipinski definition) is 1. The predicted molar refractivity (Wildman–Crippen MR) is 128 cm³/mol. The zero-order valence-corrected chi connectivity index (χ0v) is 19.4. The highest BCUT2D eigenvalue weighted by atomic mass is 35.5. The van der Waals surface area contributed by atoms with Crippen molar-refractivity contribution in [3.05, 3.63) is 64.3 Å². The van der Waals surface area contributed by atoms with Crippen LogP contribution in [0.1, 0.15) is 34.8 Å². The number of rotatable bonds is 5. The summed E-state index contributed by atoms with van der Waals surface area (Å²) in [5.74, 6) is -0.222. The van der Waals surface area contributed by atoms with E-state index in [1.807, 2.05) is 48.0 Å². The van der Waals surface area contributed by atoms with Crippen LogP contribution in [0.15, 0.2) is 47.7 Å². The van der Waals surface area contributed by atoms with Crippen molar-refractivity contribution < 1.29 is 4.79 Å². The molecule has 0 unspecified atom stereocenters. The highest BCUT2D eigenvalue weighted by Gasteiger charge is 2.23. The summed E-state index contributed by atoms with van der Waals surface area (Å²) in [6.45, 7) is 4.75. The Labute approximate surface area is 194 Å². The van der Waals surface area contributed by atoms with Crippen LogP contribution in [0.3, 0.4) is 0 Å². The number of carbonyl (C=O) groups excluding carboxylic acids is 1. The first-order chi connectivity index (χ1) is 14.1. The van der Waals surface area contributed by atoms with Crippen LogP contribution in [0.4, 0.5) is 0 Å². The zero-order chi connectivity index (χ0) is 20.4. The highest BCUT2D eigenvalue weighted by Crippen LogP contribution is 2.18. The van der Waals surface area contributed by atoms with Crippen molar-refractivity contribution >= 4 is 41.8 Å². The summed E-state index contributed by atoms with van der Waals surface area (Å²) in [5, 5.41) is 3.32. The van der Waals surface area contributed by atoms with Gasteiger partial charge in [0.05, 0.1) is 17.4 Å². The lowest BCUT2D eigenvalue weighted by molar-refractivity contribution is 0.0787. The minimum absolute atomic E-state index is 0. The van der Waals surface area contributed by atoms with Crippen molar-refractivity contribution in [3.63, 3.8) is 0 Å². The number of imidazole rings is 1. The molecule has 1 fully saturated rings. The largest absolute Gasteiger partial charge is 0.340 e. The molecule has 1 N–H and O–H groups in total. The minimum Gasteiger partial charge on any atom is -0.340 e. The summed E-state index contributed by atoms with van der Waals surface area (Å²) in [4.78, 5) is 32.3. The zero-order valence-electron chi connectivity index (χ0n) is 17.8. The van der Waals surface area contributed by atoms with Gasteiger partial charge in [-0.1, -0.05) is 12.1 Å². The molecular weight excluding hydrogens is 437 g/mol. The Bertz CT molecular complexity index is 1090. The third-order valence-corrected chi connectivity index (χ3v) is 5.79. The van der Waals surface area contributed by atoms with Gasteiger partial charge in [0.15, 0.2) is 0 Å². The Morgan fingerprint density at radius 2 is 1.90 bits per heavy atom. The highest BCUT2D eigenvalue weighted by molar-refractivity contribution is 5.95. The molecule has 0 saturated carbocycles. The Morgan fingerprint density at radius 1 is 1.19 bits per heavy atom. The third kappa shape index (κ3) is 5.11.